The van der Waals surface area contributed by atoms with Gasteiger partial charge in [0.2, 0.25) is 11.1 Å². The van der Waals surface area contributed by atoms with Crippen molar-refractivity contribution in [3.63, 3.8) is 0 Å². The Labute approximate surface area is 129 Å². The second kappa shape index (κ2) is 6.15. The molecule has 0 fully saturated rings. The Balaban J connectivity index is 1.74. The Bertz CT molecular complexity index is 629. The van der Waals surface area contributed by atoms with Crippen LogP contribution >= 0.6 is 35.1 Å². The molecule has 0 saturated carbocycles. The lowest BCUT2D eigenvalue weighted by Gasteiger charge is -2.10. The molecule has 1 atom stereocenters. The third kappa shape index (κ3) is 2.99. The molecule has 0 radical (unpaired) electrons. The van der Waals surface area contributed by atoms with Crippen LogP contribution in [0.25, 0.3) is 0 Å². The third-order valence-electron chi connectivity index (χ3n) is 3.06. The van der Waals surface area contributed by atoms with Gasteiger partial charge < -0.3 is 5.32 Å². The maximum Gasteiger partial charge on any atom is 0.237 e. The Morgan fingerprint density at radius 3 is 3.05 bits per heavy atom. The Kier molecular flexibility index (Phi) is 4.28. The van der Waals surface area contributed by atoms with Crippen molar-refractivity contribution in [1.82, 2.24) is 9.36 Å². The van der Waals surface area contributed by atoms with Gasteiger partial charge in [-0.25, -0.2) is 4.98 Å². The first kappa shape index (κ1) is 13.9. The molecule has 104 valence electrons. The molecule has 1 N–H and O–H groups in total. The number of hydrogen-bond donors (Lipinski definition) is 1. The topological polar surface area (TPSA) is 54.9 Å². The zero-order valence-electron chi connectivity index (χ0n) is 10.8. The van der Waals surface area contributed by atoms with Gasteiger partial charge >= 0.3 is 0 Å². The number of rotatable bonds is 3. The summed E-state index contributed by atoms with van der Waals surface area (Å²) in [5.41, 5.74) is 2.13. The van der Waals surface area contributed by atoms with E-state index in [1.54, 1.807) is 0 Å². The van der Waals surface area contributed by atoms with Gasteiger partial charge in [-0.05, 0) is 42.3 Å². The van der Waals surface area contributed by atoms with Crippen LogP contribution in [0.15, 0.2) is 33.8 Å². The van der Waals surface area contributed by atoms with E-state index in [4.69, 9.17) is 0 Å². The summed E-state index contributed by atoms with van der Waals surface area (Å²) in [6, 6.07) is 7.98. The number of carbonyl (C=O) groups excluding carboxylic acids is 1. The van der Waals surface area contributed by atoms with Gasteiger partial charge in [0, 0.05) is 5.69 Å². The molecule has 2 heterocycles. The molecule has 1 amide bonds. The van der Waals surface area contributed by atoms with E-state index < -0.39 is 0 Å². The molecule has 2 aromatic rings. The second-order valence-corrected chi connectivity index (χ2v) is 7.31. The van der Waals surface area contributed by atoms with Crippen molar-refractivity contribution in [3.8, 4) is 0 Å². The fourth-order valence-corrected chi connectivity index (χ4v) is 4.50. The lowest BCUT2D eigenvalue weighted by Crippen LogP contribution is -2.23. The average Bonchev–Trinajstić information content (AvgIpc) is 2.85. The van der Waals surface area contributed by atoms with Gasteiger partial charge in [0.1, 0.15) is 0 Å². The molecule has 1 aromatic heterocycles. The number of anilines is 1. The van der Waals surface area contributed by atoms with Crippen molar-refractivity contribution in [2.75, 3.05) is 11.6 Å². The molecule has 1 aliphatic heterocycles. The number of fused-ring (bicyclic) bond motifs is 1. The molecule has 1 aliphatic rings. The van der Waals surface area contributed by atoms with Crippen LogP contribution in [0.1, 0.15) is 12.0 Å². The highest BCUT2D eigenvalue weighted by Gasteiger charge is 2.25. The third-order valence-corrected chi connectivity index (χ3v) is 5.77. The van der Waals surface area contributed by atoms with Crippen LogP contribution < -0.4 is 5.32 Å². The molecule has 4 nitrogen and oxygen atoms in total. The van der Waals surface area contributed by atoms with Crippen LogP contribution in [0.2, 0.25) is 0 Å². The lowest BCUT2D eigenvalue weighted by molar-refractivity contribution is -0.115. The number of thioether (sulfide) groups is 2. The highest BCUT2D eigenvalue weighted by Crippen LogP contribution is 2.33. The number of para-hydroxylation sites is 1. The fourth-order valence-electron chi connectivity index (χ4n) is 2.05. The number of amides is 1. The molecular weight excluding hydrogens is 310 g/mol. The van der Waals surface area contributed by atoms with Gasteiger partial charge in [0.05, 0.1) is 5.25 Å². The molecular formula is C13H13N3OS3. The summed E-state index contributed by atoms with van der Waals surface area (Å²) in [5.74, 6) is 0.0563. The van der Waals surface area contributed by atoms with Crippen molar-refractivity contribution in [3.05, 3.63) is 29.8 Å². The number of aryl methyl sites for hydroxylation is 1. The first-order valence-corrected chi connectivity index (χ1v) is 9.07. The minimum absolute atomic E-state index is 0.0563. The fraction of sp³-hybridized carbons (Fsp3) is 0.308. The van der Waals surface area contributed by atoms with Gasteiger partial charge in [-0.3, -0.25) is 4.79 Å². The van der Waals surface area contributed by atoms with Crippen LogP contribution in [0, 0.1) is 0 Å². The summed E-state index contributed by atoms with van der Waals surface area (Å²) in [5, 5.41) is 3.67. The summed E-state index contributed by atoms with van der Waals surface area (Å²) in [6.07, 6.45) is 3.67. The lowest BCUT2D eigenvalue weighted by atomic mass is 10.1. The number of carbonyl (C=O) groups is 1. The zero-order valence-corrected chi connectivity index (χ0v) is 13.3. The quantitative estimate of drug-likeness (QED) is 0.878. The number of benzene rings is 1. The molecule has 0 bridgehead atoms. The van der Waals surface area contributed by atoms with E-state index in [-0.39, 0.29) is 11.2 Å². The van der Waals surface area contributed by atoms with E-state index in [1.807, 2.05) is 24.5 Å². The van der Waals surface area contributed by atoms with E-state index in [0.717, 1.165) is 28.0 Å². The highest BCUT2D eigenvalue weighted by atomic mass is 32.2. The summed E-state index contributed by atoms with van der Waals surface area (Å²) in [4.78, 5) is 16.7. The molecule has 0 spiro atoms. The monoisotopic (exact) mass is 323 g/mol. The van der Waals surface area contributed by atoms with Gasteiger partial charge in [-0.2, -0.15) is 4.37 Å². The summed E-state index contributed by atoms with van der Waals surface area (Å²) >= 11 is 4.39. The number of nitrogens with one attached hydrogen (secondary N) is 1. The van der Waals surface area contributed by atoms with E-state index in [1.165, 1.54) is 40.6 Å². The van der Waals surface area contributed by atoms with E-state index >= 15 is 0 Å². The minimum Gasteiger partial charge on any atom is -0.325 e. The zero-order chi connectivity index (χ0) is 13.9. The largest absolute Gasteiger partial charge is 0.325 e. The van der Waals surface area contributed by atoms with E-state index in [9.17, 15) is 4.79 Å². The van der Waals surface area contributed by atoms with Crippen LogP contribution in [0.4, 0.5) is 5.69 Å². The molecule has 7 heteroatoms. The van der Waals surface area contributed by atoms with Crippen molar-refractivity contribution in [2.45, 2.75) is 27.6 Å². The number of aromatic nitrogens is 2. The average molecular weight is 323 g/mol. The maximum absolute atomic E-state index is 12.3. The van der Waals surface area contributed by atoms with Crippen molar-refractivity contribution in [1.29, 1.82) is 0 Å². The Morgan fingerprint density at radius 2 is 2.25 bits per heavy atom. The summed E-state index contributed by atoms with van der Waals surface area (Å²) in [7, 11) is 0. The van der Waals surface area contributed by atoms with Crippen LogP contribution in [0.5, 0.6) is 0 Å². The maximum atomic E-state index is 12.3. The second-order valence-electron chi connectivity index (χ2n) is 4.34. The SMILES string of the molecule is CSc1nsc(SC2CCc3ccccc3NC2=O)n1. The van der Waals surface area contributed by atoms with Gasteiger partial charge in [-0.1, -0.05) is 41.7 Å². The Morgan fingerprint density at radius 1 is 1.40 bits per heavy atom. The number of hydrogen-bond acceptors (Lipinski definition) is 6. The Hall–Kier alpha value is -1.05. The van der Waals surface area contributed by atoms with Crippen LogP contribution in [-0.4, -0.2) is 26.8 Å². The molecule has 20 heavy (non-hydrogen) atoms. The molecule has 3 rings (SSSR count). The molecule has 1 unspecified atom stereocenters. The van der Waals surface area contributed by atoms with Crippen molar-refractivity contribution >= 4 is 46.7 Å². The van der Waals surface area contributed by atoms with Gasteiger partial charge in [0.25, 0.3) is 0 Å². The predicted octanol–water partition coefficient (Wildman–Crippen LogP) is 3.31. The normalized spacial score (nSPS) is 18.2. The molecule has 1 aromatic carbocycles. The highest BCUT2D eigenvalue weighted by molar-refractivity contribution is 8.02. The number of nitrogens with zero attached hydrogens (tertiary/aromatic N) is 2. The van der Waals surface area contributed by atoms with Gasteiger partial charge in [-0.15, -0.1) is 0 Å². The summed E-state index contributed by atoms with van der Waals surface area (Å²) < 4.78 is 5.09. The van der Waals surface area contributed by atoms with E-state index in [0.29, 0.717) is 0 Å². The van der Waals surface area contributed by atoms with Crippen molar-refractivity contribution < 1.29 is 4.79 Å². The van der Waals surface area contributed by atoms with Crippen LogP contribution in [0.3, 0.4) is 0 Å². The summed E-state index contributed by atoms with van der Waals surface area (Å²) in [6.45, 7) is 0. The molecule has 0 aliphatic carbocycles. The van der Waals surface area contributed by atoms with Crippen molar-refractivity contribution in [2.24, 2.45) is 0 Å². The smallest absolute Gasteiger partial charge is 0.237 e. The van der Waals surface area contributed by atoms with Crippen LogP contribution in [-0.2, 0) is 11.2 Å². The molecule has 0 saturated heterocycles. The predicted molar refractivity (Wildman–Crippen MR) is 84.7 cm³/mol. The first-order valence-electron chi connectivity index (χ1n) is 6.19. The van der Waals surface area contributed by atoms with E-state index in [2.05, 4.69) is 20.7 Å². The van der Waals surface area contributed by atoms with Gasteiger partial charge in [0.15, 0.2) is 4.34 Å². The minimum atomic E-state index is -0.106. The first-order chi connectivity index (χ1) is 9.76. The standard InChI is InChI=1S/C13H13N3OS3/c1-18-12-15-13(20-16-12)19-10-7-6-8-4-2-3-5-9(8)14-11(10)17/h2-5,10H,6-7H2,1H3,(H,14,17).